The van der Waals surface area contributed by atoms with Gasteiger partial charge in [0.15, 0.2) is 0 Å². The molecule has 20 heavy (non-hydrogen) atoms. The maximum Gasteiger partial charge on any atom is 0.119 e. The molecule has 0 aliphatic heterocycles. The predicted octanol–water partition coefficient (Wildman–Crippen LogP) is 2.98. The van der Waals surface area contributed by atoms with E-state index in [1.165, 1.54) is 10.4 Å². The van der Waals surface area contributed by atoms with Gasteiger partial charge in [-0.3, -0.25) is 4.90 Å². The lowest BCUT2D eigenvalue weighted by Gasteiger charge is -2.16. The van der Waals surface area contributed by atoms with Crippen LogP contribution in [0.15, 0.2) is 41.8 Å². The van der Waals surface area contributed by atoms with Gasteiger partial charge in [0, 0.05) is 24.5 Å². The van der Waals surface area contributed by atoms with Crippen LogP contribution >= 0.6 is 11.3 Å². The lowest BCUT2D eigenvalue weighted by molar-refractivity contribution is 0.234. The van der Waals surface area contributed by atoms with Crippen molar-refractivity contribution < 1.29 is 4.74 Å². The highest BCUT2D eigenvalue weighted by Gasteiger charge is 2.02. The molecule has 0 saturated heterocycles. The first-order valence-electron chi connectivity index (χ1n) is 6.85. The molecule has 1 heterocycles. The number of rotatable bonds is 8. The van der Waals surface area contributed by atoms with Crippen LogP contribution in [-0.4, -0.2) is 32.1 Å². The lowest BCUT2D eigenvalue weighted by Crippen LogP contribution is -2.23. The van der Waals surface area contributed by atoms with Gasteiger partial charge in [0.1, 0.15) is 12.4 Å². The quantitative estimate of drug-likeness (QED) is 0.809. The molecule has 1 aromatic heterocycles. The Kier molecular flexibility index (Phi) is 6.05. The van der Waals surface area contributed by atoms with E-state index >= 15 is 0 Å². The van der Waals surface area contributed by atoms with E-state index in [1.807, 2.05) is 19.2 Å². The molecule has 3 nitrogen and oxygen atoms in total. The Morgan fingerprint density at radius 2 is 2.15 bits per heavy atom. The SMILES string of the molecule is CNCc1cccc(OCCN(C)Cc2cccs2)c1. The first-order chi connectivity index (χ1) is 9.78. The summed E-state index contributed by atoms with van der Waals surface area (Å²) in [7, 11) is 4.08. The van der Waals surface area contributed by atoms with Crippen LogP contribution in [-0.2, 0) is 13.1 Å². The Morgan fingerprint density at radius 3 is 2.90 bits per heavy atom. The number of nitrogens with zero attached hydrogens (tertiary/aromatic N) is 1. The summed E-state index contributed by atoms with van der Waals surface area (Å²) in [5.74, 6) is 0.947. The average Bonchev–Trinajstić information content (AvgIpc) is 2.92. The largest absolute Gasteiger partial charge is 0.492 e. The maximum absolute atomic E-state index is 5.82. The zero-order valence-electron chi connectivity index (χ0n) is 12.1. The number of hydrogen-bond acceptors (Lipinski definition) is 4. The van der Waals surface area contributed by atoms with Crippen LogP contribution in [0, 0.1) is 0 Å². The third kappa shape index (κ3) is 4.96. The van der Waals surface area contributed by atoms with Crippen molar-refractivity contribution in [1.82, 2.24) is 10.2 Å². The lowest BCUT2D eigenvalue weighted by atomic mass is 10.2. The summed E-state index contributed by atoms with van der Waals surface area (Å²) < 4.78 is 5.82. The molecule has 0 radical (unpaired) electrons. The third-order valence-corrected chi connectivity index (χ3v) is 3.89. The van der Waals surface area contributed by atoms with E-state index in [4.69, 9.17) is 4.74 Å². The van der Waals surface area contributed by atoms with Crippen LogP contribution in [0.3, 0.4) is 0 Å². The molecule has 0 aliphatic rings. The van der Waals surface area contributed by atoms with Crippen molar-refractivity contribution in [3.8, 4) is 5.75 Å². The molecule has 0 spiro atoms. The van der Waals surface area contributed by atoms with Crippen LogP contribution in [0.2, 0.25) is 0 Å². The summed E-state index contributed by atoms with van der Waals surface area (Å²) in [6.07, 6.45) is 0. The number of ether oxygens (including phenoxy) is 1. The highest BCUT2D eigenvalue weighted by atomic mass is 32.1. The van der Waals surface area contributed by atoms with E-state index in [-0.39, 0.29) is 0 Å². The van der Waals surface area contributed by atoms with Crippen molar-refractivity contribution in [3.05, 3.63) is 52.2 Å². The van der Waals surface area contributed by atoms with Crippen molar-refractivity contribution in [2.75, 3.05) is 27.2 Å². The molecule has 1 aromatic carbocycles. The van der Waals surface area contributed by atoms with E-state index in [2.05, 4.69) is 46.9 Å². The van der Waals surface area contributed by atoms with Gasteiger partial charge in [-0.2, -0.15) is 0 Å². The zero-order valence-corrected chi connectivity index (χ0v) is 13.0. The summed E-state index contributed by atoms with van der Waals surface area (Å²) in [6.45, 7) is 3.50. The minimum Gasteiger partial charge on any atom is -0.492 e. The zero-order chi connectivity index (χ0) is 14.2. The van der Waals surface area contributed by atoms with Crippen LogP contribution < -0.4 is 10.1 Å². The molecule has 4 heteroatoms. The smallest absolute Gasteiger partial charge is 0.119 e. The van der Waals surface area contributed by atoms with Gasteiger partial charge in [0.25, 0.3) is 0 Å². The number of likely N-dealkylation sites (N-methyl/N-ethyl adjacent to an activating group) is 1. The fraction of sp³-hybridized carbons (Fsp3) is 0.375. The standard InChI is InChI=1S/C16H22N2OS/c1-17-12-14-5-3-6-15(11-14)19-9-8-18(2)13-16-7-4-10-20-16/h3-7,10-11,17H,8-9,12-13H2,1-2H3. The monoisotopic (exact) mass is 290 g/mol. The van der Waals surface area contributed by atoms with Crippen molar-refractivity contribution >= 4 is 11.3 Å². The number of nitrogens with one attached hydrogen (secondary N) is 1. The number of thiophene rings is 1. The van der Waals surface area contributed by atoms with Crippen LogP contribution in [0.1, 0.15) is 10.4 Å². The van der Waals surface area contributed by atoms with E-state index in [1.54, 1.807) is 11.3 Å². The minimum absolute atomic E-state index is 0.713. The molecule has 0 aliphatic carbocycles. The Balaban J connectivity index is 1.73. The van der Waals surface area contributed by atoms with Gasteiger partial charge in [0.2, 0.25) is 0 Å². The second-order valence-corrected chi connectivity index (χ2v) is 5.88. The van der Waals surface area contributed by atoms with Crippen molar-refractivity contribution in [2.45, 2.75) is 13.1 Å². The van der Waals surface area contributed by atoms with Gasteiger partial charge in [-0.25, -0.2) is 0 Å². The molecule has 0 fully saturated rings. The van der Waals surface area contributed by atoms with E-state index in [9.17, 15) is 0 Å². The number of hydrogen-bond donors (Lipinski definition) is 1. The first-order valence-corrected chi connectivity index (χ1v) is 7.73. The van der Waals surface area contributed by atoms with Crippen molar-refractivity contribution in [3.63, 3.8) is 0 Å². The maximum atomic E-state index is 5.82. The topological polar surface area (TPSA) is 24.5 Å². The number of benzene rings is 1. The second kappa shape index (κ2) is 8.04. The molecule has 0 saturated carbocycles. The normalized spacial score (nSPS) is 10.9. The highest BCUT2D eigenvalue weighted by molar-refractivity contribution is 7.09. The fourth-order valence-corrected chi connectivity index (χ4v) is 2.80. The Hall–Kier alpha value is -1.36. The van der Waals surface area contributed by atoms with Gasteiger partial charge in [-0.15, -0.1) is 11.3 Å². The van der Waals surface area contributed by atoms with Crippen LogP contribution in [0.25, 0.3) is 0 Å². The summed E-state index contributed by atoms with van der Waals surface area (Å²) >= 11 is 1.80. The third-order valence-electron chi connectivity index (χ3n) is 3.03. The van der Waals surface area contributed by atoms with Gasteiger partial charge >= 0.3 is 0 Å². The molecule has 0 atom stereocenters. The fourth-order valence-electron chi connectivity index (χ4n) is 2.02. The van der Waals surface area contributed by atoms with Crippen LogP contribution in [0.5, 0.6) is 5.75 Å². The Morgan fingerprint density at radius 1 is 1.25 bits per heavy atom. The van der Waals surface area contributed by atoms with Crippen molar-refractivity contribution in [1.29, 1.82) is 0 Å². The minimum atomic E-state index is 0.713. The molecule has 0 bridgehead atoms. The van der Waals surface area contributed by atoms with E-state index in [0.717, 1.165) is 25.4 Å². The Bertz CT molecular complexity index is 499. The highest BCUT2D eigenvalue weighted by Crippen LogP contribution is 2.14. The molecule has 1 N–H and O–H groups in total. The summed E-state index contributed by atoms with van der Waals surface area (Å²) in [5, 5.41) is 5.27. The van der Waals surface area contributed by atoms with Gasteiger partial charge < -0.3 is 10.1 Å². The van der Waals surface area contributed by atoms with Gasteiger partial charge in [0.05, 0.1) is 0 Å². The molecule has 0 amide bonds. The van der Waals surface area contributed by atoms with Crippen LogP contribution in [0.4, 0.5) is 0 Å². The summed E-state index contributed by atoms with van der Waals surface area (Å²) in [6, 6.07) is 12.5. The predicted molar refractivity (Wildman–Crippen MR) is 85.4 cm³/mol. The summed E-state index contributed by atoms with van der Waals surface area (Å²) in [4.78, 5) is 3.67. The molecular weight excluding hydrogens is 268 g/mol. The van der Waals surface area contributed by atoms with E-state index < -0.39 is 0 Å². The average molecular weight is 290 g/mol. The molecule has 108 valence electrons. The van der Waals surface area contributed by atoms with E-state index in [0.29, 0.717) is 6.61 Å². The van der Waals surface area contributed by atoms with Gasteiger partial charge in [-0.1, -0.05) is 18.2 Å². The van der Waals surface area contributed by atoms with Gasteiger partial charge in [-0.05, 0) is 43.2 Å². The first kappa shape index (κ1) is 15.0. The molecule has 0 unspecified atom stereocenters. The second-order valence-electron chi connectivity index (χ2n) is 4.84. The van der Waals surface area contributed by atoms with Crippen molar-refractivity contribution in [2.24, 2.45) is 0 Å². The Labute approximate surface area is 125 Å². The molecular formula is C16H22N2OS. The molecule has 2 aromatic rings. The molecule has 2 rings (SSSR count). The summed E-state index contributed by atoms with van der Waals surface area (Å²) in [5.41, 5.74) is 1.25.